The van der Waals surface area contributed by atoms with Crippen molar-refractivity contribution in [2.75, 3.05) is 20.3 Å². The summed E-state index contributed by atoms with van der Waals surface area (Å²) >= 11 is 9.08. The van der Waals surface area contributed by atoms with Gasteiger partial charge in [-0.1, -0.05) is 11.6 Å². The summed E-state index contributed by atoms with van der Waals surface area (Å²) in [4.78, 5) is 11.8. The zero-order valence-electron chi connectivity index (χ0n) is 10.7. The van der Waals surface area contributed by atoms with E-state index < -0.39 is 15.9 Å². The first-order chi connectivity index (χ1) is 9.27. The predicted octanol–water partition coefficient (Wildman–Crippen LogP) is 1.52. The van der Waals surface area contributed by atoms with Crippen LogP contribution < -0.4 is 10.5 Å². The van der Waals surface area contributed by atoms with Gasteiger partial charge in [-0.3, -0.25) is 4.79 Å². The quantitative estimate of drug-likeness (QED) is 0.725. The number of hydrogen-bond donors (Lipinski definition) is 2. The first-order valence-electron chi connectivity index (χ1n) is 5.56. The van der Waals surface area contributed by atoms with Crippen LogP contribution in [0.1, 0.15) is 16.8 Å². The van der Waals surface area contributed by atoms with E-state index in [4.69, 9.17) is 21.5 Å². The number of sulfonamides is 1. The molecule has 0 heterocycles. The van der Waals surface area contributed by atoms with Crippen molar-refractivity contribution >= 4 is 43.5 Å². The van der Waals surface area contributed by atoms with Gasteiger partial charge in [-0.25, -0.2) is 13.6 Å². The molecule has 3 N–H and O–H groups in total. The molecule has 1 aromatic rings. The lowest BCUT2D eigenvalue weighted by molar-refractivity contribution is 0.0948. The second kappa shape index (κ2) is 7.37. The number of carbonyl (C=O) groups is 1. The molecule has 1 amide bonds. The van der Waals surface area contributed by atoms with Crippen LogP contribution in [-0.4, -0.2) is 34.6 Å². The summed E-state index contributed by atoms with van der Waals surface area (Å²) < 4.78 is 27.8. The molecule has 0 aliphatic heterocycles. The molecule has 112 valence electrons. The summed E-state index contributed by atoms with van der Waals surface area (Å²) in [5.41, 5.74) is 0.0440. The molecule has 20 heavy (non-hydrogen) atoms. The number of carbonyl (C=O) groups excluding carboxylic acids is 1. The summed E-state index contributed by atoms with van der Waals surface area (Å²) in [5, 5.41) is 7.79. The standard InChI is InChI=1S/C11H14BrClN2O4S/c1-19-4-2-3-15-11(16)8-5-7(20(14,17)18)6-9(12)10(8)13/h5-6H,2-4H2,1H3,(H,15,16)(H2,14,17,18). The Hall–Kier alpha value is -0.670. The molecule has 0 aliphatic carbocycles. The Kier molecular flexibility index (Phi) is 6.41. The van der Waals surface area contributed by atoms with E-state index >= 15 is 0 Å². The summed E-state index contributed by atoms with van der Waals surface area (Å²) in [6.45, 7) is 0.898. The van der Waals surface area contributed by atoms with Crippen LogP contribution in [0, 0.1) is 0 Å². The van der Waals surface area contributed by atoms with E-state index in [1.54, 1.807) is 7.11 Å². The summed E-state index contributed by atoms with van der Waals surface area (Å²) in [6.07, 6.45) is 0.635. The van der Waals surface area contributed by atoms with Crippen molar-refractivity contribution in [1.29, 1.82) is 0 Å². The van der Waals surface area contributed by atoms with Gasteiger partial charge in [0, 0.05) is 24.7 Å². The summed E-state index contributed by atoms with van der Waals surface area (Å²) in [6, 6.07) is 2.40. The van der Waals surface area contributed by atoms with Crippen LogP contribution in [0.15, 0.2) is 21.5 Å². The van der Waals surface area contributed by atoms with Crippen LogP contribution in [0.25, 0.3) is 0 Å². The van der Waals surface area contributed by atoms with Crippen molar-refractivity contribution in [2.45, 2.75) is 11.3 Å². The monoisotopic (exact) mass is 384 g/mol. The number of ether oxygens (including phenoxy) is 1. The third-order valence-corrected chi connectivity index (χ3v) is 4.54. The molecule has 0 aromatic heterocycles. The largest absolute Gasteiger partial charge is 0.385 e. The highest BCUT2D eigenvalue weighted by atomic mass is 79.9. The average molecular weight is 386 g/mol. The first kappa shape index (κ1) is 17.4. The van der Waals surface area contributed by atoms with Crippen molar-refractivity contribution in [3.63, 3.8) is 0 Å². The Labute approximate surface area is 130 Å². The van der Waals surface area contributed by atoms with E-state index in [9.17, 15) is 13.2 Å². The normalized spacial score (nSPS) is 11.4. The highest BCUT2D eigenvalue weighted by molar-refractivity contribution is 9.10. The number of nitrogens with two attached hydrogens (primary N) is 1. The van der Waals surface area contributed by atoms with Gasteiger partial charge in [0.25, 0.3) is 5.91 Å². The van der Waals surface area contributed by atoms with Crippen molar-refractivity contribution in [3.05, 3.63) is 27.2 Å². The van der Waals surface area contributed by atoms with E-state index in [1.165, 1.54) is 6.07 Å². The number of rotatable bonds is 6. The third-order valence-electron chi connectivity index (χ3n) is 2.39. The smallest absolute Gasteiger partial charge is 0.252 e. The van der Waals surface area contributed by atoms with Crippen molar-refractivity contribution < 1.29 is 17.9 Å². The lowest BCUT2D eigenvalue weighted by Crippen LogP contribution is -2.26. The molecule has 0 saturated carbocycles. The zero-order valence-corrected chi connectivity index (χ0v) is 13.8. The minimum atomic E-state index is -3.92. The number of nitrogens with one attached hydrogen (secondary N) is 1. The minimum Gasteiger partial charge on any atom is -0.385 e. The number of primary sulfonamides is 1. The molecule has 0 radical (unpaired) electrons. The highest BCUT2D eigenvalue weighted by Gasteiger charge is 2.18. The number of halogens is 2. The summed E-state index contributed by atoms with van der Waals surface area (Å²) in [7, 11) is -2.35. The van der Waals surface area contributed by atoms with Gasteiger partial charge < -0.3 is 10.1 Å². The van der Waals surface area contributed by atoms with Crippen LogP contribution in [0.2, 0.25) is 5.02 Å². The highest BCUT2D eigenvalue weighted by Crippen LogP contribution is 2.29. The second-order valence-corrected chi connectivity index (χ2v) is 6.71. The van der Waals surface area contributed by atoms with Crippen LogP contribution in [0.5, 0.6) is 0 Å². The number of hydrogen-bond acceptors (Lipinski definition) is 4. The number of methoxy groups -OCH3 is 1. The van der Waals surface area contributed by atoms with Gasteiger partial charge in [0.15, 0.2) is 0 Å². The van der Waals surface area contributed by atoms with Gasteiger partial charge in [0.05, 0.1) is 15.5 Å². The molecule has 0 atom stereocenters. The van der Waals surface area contributed by atoms with Gasteiger partial charge in [0.1, 0.15) is 0 Å². The third kappa shape index (κ3) is 4.71. The Morgan fingerprint density at radius 1 is 1.50 bits per heavy atom. The minimum absolute atomic E-state index is 0.0440. The van der Waals surface area contributed by atoms with Gasteiger partial charge in [0.2, 0.25) is 10.0 Å². The SMILES string of the molecule is COCCCNC(=O)c1cc(S(N)(=O)=O)cc(Br)c1Cl. The molecule has 1 rings (SSSR count). The van der Waals surface area contributed by atoms with Crippen molar-refractivity contribution in [2.24, 2.45) is 5.14 Å². The zero-order chi connectivity index (χ0) is 15.3. The lowest BCUT2D eigenvalue weighted by atomic mass is 10.2. The van der Waals surface area contributed by atoms with Gasteiger partial charge in [-0.15, -0.1) is 0 Å². The fourth-order valence-corrected chi connectivity index (χ4v) is 2.78. The molecule has 0 spiro atoms. The topological polar surface area (TPSA) is 98.5 Å². The second-order valence-electron chi connectivity index (χ2n) is 3.91. The lowest BCUT2D eigenvalue weighted by Gasteiger charge is -2.09. The van der Waals surface area contributed by atoms with Crippen molar-refractivity contribution in [1.82, 2.24) is 5.32 Å². The molecule has 0 unspecified atom stereocenters. The van der Waals surface area contributed by atoms with E-state index in [0.29, 0.717) is 19.6 Å². The van der Waals surface area contributed by atoms with Gasteiger partial charge in [-0.2, -0.15) is 0 Å². The van der Waals surface area contributed by atoms with E-state index in [2.05, 4.69) is 21.2 Å². The summed E-state index contributed by atoms with van der Waals surface area (Å²) in [5.74, 6) is -0.475. The molecule has 0 saturated heterocycles. The Morgan fingerprint density at radius 3 is 2.70 bits per heavy atom. The first-order valence-corrected chi connectivity index (χ1v) is 8.28. The van der Waals surface area contributed by atoms with Crippen LogP contribution in [-0.2, 0) is 14.8 Å². The Bertz CT molecular complexity index is 607. The number of amides is 1. The maximum atomic E-state index is 12.0. The van der Waals surface area contributed by atoms with E-state index in [1.807, 2.05) is 0 Å². The Morgan fingerprint density at radius 2 is 2.15 bits per heavy atom. The molecule has 9 heteroatoms. The Balaban J connectivity index is 2.99. The molecule has 6 nitrogen and oxygen atoms in total. The maximum Gasteiger partial charge on any atom is 0.252 e. The molecule has 0 aliphatic rings. The van der Waals surface area contributed by atoms with Crippen molar-refractivity contribution in [3.8, 4) is 0 Å². The fourth-order valence-electron chi connectivity index (χ4n) is 1.41. The average Bonchev–Trinajstić information content (AvgIpc) is 2.36. The molecule has 0 fully saturated rings. The van der Waals surface area contributed by atoms with Crippen LogP contribution in [0.4, 0.5) is 0 Å². The van der Waals surface area contributed by atoms with Gasteiger partial charge in [-0.05, 0) is 34.5 Å². The number of benzene rings is 1. The van der Waals surface area contributed by atoms with Crippen LogP contribution >= 0.6 is 27.5 Å². The molecular formula is C11H14BrClN2O4S. The van der Waals surface area contributed by atoms with E-state index in [-0.39, 0.29) is 20.0 Å². The predicted molar refractivity (Wildman–Crippen MR) is 79.4 cm³/mol. The van der Waals surface area contributed by atoms with E-state index in [0.717, 1.165) is 6.07 Å². The van der Waals surface area contributed by atoms with Gasteiger partial charge >= 0.3 is 0 Å². The molecular weight excluding hydrogens is 372 g/mol. The fraction of sp³-hybridized carbons (Fsp3) is 0.364. The molecule has 0 bridgehead atoms. The molecule has 1 aromatic carbocycles. The van der Waals surface area contributed by atoms with Crippen LogP contribution in [0.3, 0.4) is 0 Å². The maximum absolute atomic E-state index is 12.0.